The molecule has 35 heavy (non-hydrogen) atoms. The van der Waals surface area contributed by atoms with Crippen molar-refractivity contribution in [1.82, 2.24) is 4.98 Å². The zero-order chi connectivity index (χ0) is 25.5. The topological polar surface area (TPSA) is 147 Å². The molecule has 0 spiro atoms. The van der Waals surface area contributed by atoms with Crippen molar-refractivity contribution in [2.45, 2.75) is 11.5 Å². The number of carbonyl (C=O) groups is 2. The van der Waals surface area contributed by atoms with E-state index in [9.17, 15) is 18.0 Å². The minimum absolute atomic E-state index is 0.0851. The summed E-state index contributed by atoms with van der Waals surface area (Å²) in [7, 11) is -2.01. The van der Waals surface area contributed by atoms with Gasteiger partial charge in [0, 0.05) is 11.8 Å². The second-order valence-electron chi connectivity index (χ2n) is 7.30. The minimum Gasteiger partial charge on any atom is -0.494 e. The van der Waals surface area contributed by atoms with Gasteiger partial charge in [0.2, 0.25) is 0 Å². The first kappa shape index (κ1) is 24.4. The fourth-order valence-electron chi connectivity index (χ4n) is 3.54. The number of benzene rings is 2. The Balaban J connectivity index is 2.05. The van der Waals surface area contributed by atoms with Crippen LogP contribution in [0.5, 0.6) is 11.5 Å². The van der Waals surface area contributed by atoms with E-state index in [0.717, 1.165) is 12.1 Å². The molecule has 1 aliphatic rings. The van der Waals surface area contributed by atoms with E-state index in [0.29, 0.717) is 5.56 Å². The third kappa shape index (κ3) is 4.51. The number of ether oxygens (including phenoxy) is 3. The predicted octanol–water partition coefficient (Wildman–Crippen LogP) is 3.24. The van der Waals surface area contributed by atoms with Gasteiger partial charge in [-0.05, 0) is 57.4 Å². The molecule has 1 amide bonds. The Hall–Kier alpha value is -3.71. The quantitative estimate of drug-likeness (QED) is 0.460. The van der Waals surface area contributed by atoms with Gasteiger partial charge >= 0.3 is 5.97 Å². The molecular formula is C22H17BrFN3O7S. The van der Waals surface area contributed by atoms with Crippen molar-refractivity contribution in [3.8, 4) is 22.6 Å². The normalized spacial score (nSPS) is 14.2. The summed E-state index contributed by atoms with van der Waals surface area (Å²) in [5.74, 6) is -3.03. The highest BCUT2D eigenvalue weighted by Crippen LogP contribution is 2.39. The highest BCUT2D eigenvalue weighted by atomic mass is 79.9. The molecule has 1 aliphatic heterocycles. The third-order valence-electron chi connectivity index (χ3n) is 5.14. The Bertz CT molecular complexity index is 1490. The summed E-state index contributed by atoms with van der Waals surface area (Å²) >= 11 is 3.21. The lowest BCUT2D eigenvalue weighted by atomic mass is 9.99. The number of sulfonamides is 1. The number of nitrogens with one attached hydrogen (secondary N) is 1. The average Bonchev–Trinajstić information content (AvgIpc) is 2.81. The molecule has 2 aromatic carbocycles. The van der Waals surface area contributed by atoms with Crippen LogP contribution in [0.3, 0.4) is 0 Å². The molecule has 10 nitrogen and oxygen atoms in total. The molecule has 0 unspecified atom stereocenters. The molecule has 0 atom stereocenters. The molecule has 0 saturated carbocycles. The molecule has 2 heterocycles. The number of fused-ring (bicyclic) bond motifs is 6. The van der Waals surface area contributed by atoms with Crippen molar-refractivity contribution in [2.24, 2.45) is 5.73 Å². The van der Waals surface area contributed by atoms with Crippen LogP contribution in [0.2, 0.25) is 0 Å². The molecular weight excluding hydrogens is 549 g/mol. The van der Waals surface area contributed by atoms with Gasteiger partial charge in [-0.15, -0.1) is 0 Å². The number of pyridine rings is 1. The first-order valence-electron chi connectivity index (χ1n) is 9.79. The number of nitrogens with zero attached hydrogens (tertiary/aromatic N) is 1. The Morgan fingerprint density at radius 2 is 1.86 bits per heavy atom. The standard InChI is InChI=1S/C22H17BrFN3O7S/c1-32-19-14(23)3-11-6-18(19)35(30,31)27-16-5-10(4-15(24)20(16)33-2)13-7-17(21(25)28)26-8-12(13)9-34-22(11)29/h3-8,27H,9H2,1-2H3,(H2,25,28). The monoisotopic (exact) mass is 565 g/mol. The molecule has 3 aromatic rings. The van der Waals surface area contributed by atoms with Gasteiger partial charge in [0.15, 0.2) is 17.3 Å². The Morgan fingerprint density at radius 3 is 2.51 bits per heavy atom. The number of aromatic nitrogens is 1. The molecule has 4 bridgehead atoms. The first-order chi connectivity index (χ1) is 16.6. The van der Waals surface area contributed by atoms with Gasteiger partial charge in [0.05, 0.1) is 29.9 Å². The number of esters is 1. The fourth-order valence-corrected chi connectivity index (χ4v) is 5.57. The number of halogens is 2. The van der Waals surface area contributed by atoms with Crippen LogP contribution in [0.15, 0.2) is 45.9 Å². The van der Waals surface area contributed by atoms with E-state index in [-0.39, 0.29) is 50.7 Å². The number of amides is 1. The molecule has 1 aromatic heterocycles. The number of methoxy groups -OCH3 is 2. The van der Waals surface area contributed by atoms with Crippen molar-refractivity contribution in [3.05, 3.63) is 63.6 Å². The fraction of sp³-hybridized carbons (Fsp3) is 0.136. The van der Waals surface area contributed by atoms with Crippen molar-refractivity contribution in [3.63, 3.8) is 0 Å². The largest absolute Gasteiger partial charge is 0.494 e. The van der Waals surface area contributed by atoms with Gasteiger partial charge in [0.1, 0.15) is 17.2 Å². The van der Waals surface area contributed by atoms with Crippen LogP contribution >= 0.6 is 15.9 Å². The van der Waals surface area contributed by atoms with Gasteiger partial charge in [-0.3, -0.25) is 14.5 Å². The van der Waals surface area contributed by atoms with Gasteiger partial charge in [-0.2, -0.15) is 0 Å². The van der Waals surface area contributed by atoms with E-state index in [2.05, 4.69) is 25.6 Å². The Morgan fingerprint density at radius 1 is 1.14 bits per heavy atom. The van der Waals surface area contributed by atoms with Crippen molar-refractivity contribution in [2.75, 3.05) is 18.9 Å². The van der Waals surface area contributed by atoms with Crippen LogP contribution in [0.4, 0.5) is 10.1 Å². The number of cyclic esters (lactones) is 1. The number of rotatable bonds is 3. The Labute approximate surface area is 207 Å². The van der Waals surface area contributed by atoms with Crippen LogP contribution < -0.4 is 19.9 Å². The molecule has 0 saturated heterocycles. The zero-order valence-electron chi connectivity index (χ0n) is 18.2. The lowest BCUT2D eigenvalue weighted by Gasteiger charge is -2.17. The lowest BCUT2D eigenvalue weighted by molar-refractivity contribution is 0.0472. The smallest absolute Gasteiger partial charge is 0.338 e. The number of hydrogen-bond donors (Lipinski definition) is 2. The number of carbonyl (C=O) groups excluding carboxylic acids is 2. The zero-order valence-corrected chi connectivity index (χ0v) is 20.6. The SMILES string of the molecule is COc1c(F)cc2cc1NS(=O)(=O)c1cc(cc(Br)c1OC)C(=O)OCc1cnc(C(N)=O)cc1-2. The molecule has 0 aliphatic carbocycles. The number of hydrogen-bond acceptors (Lipinski definition) is 8. The van der Waals surface area contributed by atoms with Crippen molar-refractivity contribution < 1.29 is 36.6 Å². The highest BCUT2D eigenvalue weighted by molar-refractivity contribution is 9.10. The molecule has 13 heteroatoms. The molecule has 182 valence electrons. The maximum Gasteiger partial charge on any atom is 0.338 e. The summed E-state index contributed by atoms with van der Waals surface area (Å²) < 4.78 is 59.9. The highest BCUT2D eigenvalue weighted by Gasteiger charge is 2.28. The van der Waals surface area contributed by atoms with Crippen LogP contribution in [0.1, 0.15) is 26.4 Å². The van der Waals surface area contributed by atoms with Crippen LogP contribution in [-0.4, -0.2) is 39.5 Å². The minimum atomic E-state index is -4.44. The van der Waals surface area contributed by atoms with Gasteiger partial charge < -0.3 is 19.9 Å². The second kappa shape index (κ2) is 9.15. The summed E-state index contributed by atoms with van der Waals surface area (Å²) in [6, 6.07) is 6.11. The van der Waals surface area contributed by atoms with Crippen LogP contribution in [-0.2, 0) is 21.4 Å². The first-order valence-corrected chi connectivity index (χ1v) is 12.1. The second-order valence-corrected chi connectivity index (χ2v) is 9.81. The Kier molecular flexibility index (Phi) is 6.38. The average molecular weight is 566 g/mol. The third-order valence-corrected chi connectivity index (χ3v) is 7.10. The lowest BCUT2D eigenvalue weighted by Crippen LogP contribution is -2.16. The maximum absolute atomic E-state index is 15.0. The van der Waals surface area contributed by atoms with Crippen molar-refractivity contribution in [1.29, 1.82) is 0 Å². The molecule has 0 fully saturated rings. The van der Waals surface area contributed by atoms with E-state index < -0.39 is 32.6 Å². The van der Waals surface area contributed by atoms with Gasteiger partial charge in [0.25, 0.3) is 15.9 Å². The summed E-state index contributed by atoms with van der Waals surface area (Å²) in [6.07, 6.45) is 1.27. The van der Waals surface area contributed by atoms with E-state index in [1.54, 1.807) is 0 Å². The van der Waals surface area contributed by atoms with E-state index in [4.69, 9.17) is 19.9 Å². The summed E-state index contributed by atoms with van der Waals surface area (Å²) in [4.78, 5) is 28.1. The molecule has 0 radical (unpaired) electrons. The van der Waals surface area contributed by atoms with Gasteiger partial charge in [-0.1, -0.05) is 0 Å². The van der Waals surface area contributed by atoms with Crippen molar-refractivity contribution >= 4 is 43.5 Å². The summed E-state index contributed by atoms with van der Waals surface area (Å²) in [6.45, 7) is -0.317. The maximum atomic E-state index is 15.0. The van der Waals surface area contributed by atoms with E-state index >= 15 is 4.39 Å². The van der Waals surface area contributed by atoms with Crippen LogP contribution in [0, 0.1) is 5.82 Å². The van der Waals surface area contributed by atoms with Gasteiger partial charge in [-0.25, -0.2) is 17.6 Å². The number of primary amides is 1. The summed E-state index contributed by atoms with van der Waals surface area (Å²) in [5, 5.41) is 0. The van der Waals surface area contributed by atoms with E-state index in [1.807, 2.05) is 0 Å². The predicted molar refractivity (Wildman–Crippen MR) is 125 cm³/mol. The number of nitrogens with two attached hydrogens (primary N) is 1. The summed E-state index contributed by atoms with van der Waals surface area (Å²) in [5.41, 5.74) is 5.59. The molecule has 4 rings (SSSR count). The number of anilines is 1. The molecule has 3 N–H and O–H groups in total. The van der Waals surface area contributed by atoms with Crippen LogP contribution in [0.25, 0.3) is 11.1 Å². The van der Waals surface area contributed by atoms with E-state index in [1.165, 1.54) is 38.6 Å².